The average Bonchev–Trinajstić information content (AvgIpc) is 3.39. The van der Waals surface area contributed by atoms with Crippen LogP contribution in [-0.4, -0.2) is 66.5 Å². The van der Waals surface area contributed by atoms with Gasteiger partial charge in [0.25, 0.3) is 0 Å². The van der Waals surface area contributed by atoms with Crippen LogP contribution in [0.15, 0.2) is 72.9 Å². The highest BCUT2D eigenvalue weighted by atomic mass is 31.2. The molecule has 12 heteroatoms. The number of esters is 3. The summed E-state index contributed by atoms with van der Waals surface area (Å²) in [7, 11) is -4.76. The fourth-order valence-electron chi connectivity index (χ4n) is 8.05. The van der Waals surface area contributed by atoms with E-state index in [9.17, 15) is 28.9 Å². The zero-order chi connectivity index (χ0) is 54.1. The molecule has 0 heterocycles. The lowest BCUT2D eigenvalue weighted by atomic mass is 10.1. The van der Waals surface area contributed by atoms with Crippen molar-refractivity contribution in [2.24, 2.45) is 0 Å². The Morgan fingerprint density at radius 3 is 1.15 bits per heavy atom. The van der Waals surface area contributed by atoms with Crippen molar-refractivity contribution in [2.75, 3.05) is 26.4 Å². The zero-order valence-electron chi connectivity index (χ0n) is 47.3. The van der Waals surface area contributed by atoms with Gasteiger partial charge in [-0.05, 0) is 103 Å². The molecule has 0 saturated heterocycles. The minimum atomic E-state index is -4.76. The van der Waals surface area contributed by atoms with Crippen LogP contribution < -0.4 is 0 Å². The topological polar surface area (TPSA) is 155 Å². The molecule has 0 amide bonds. The molecular formula is C62H109O11P. The van der Waals surface area contributed by atoms with Crippen molar-refractivity contribution in [3.63, 3.8) is 0 Å². The fourth-order valence-corrected chi connectivity index (χ4v) is 8.83. The Kier molecular flexibility index (Phi) is 53.8. The lowest BCUT2D eigenvalue weighted by Crippen LogP contribution is -2.30. The van der Waals surface area contributed by atoms with E-state index in [2.05, 4.69) is 93.7 Å². The van der Waals surface area contributed by atoms with Crippen molar-refractivity contribution >= 4 is 25.7 Å². The van der Waals surface area contributed by atoms with E-state index >= 15 is 0 Å². The molecule has 0 aliphatic carbocycles. The molecule has 0 aliphatic heterocycles. The number of unbranched alkanes of at least 4 members (excludes halogenated alkanes) is 26. The number of carbonyl (C=O) groups is 3. The molecule has 0 rings (SSSR count). The third-order valence-corrected chi connectivity index (χ3v) is 13.5. The molecule has 0 saturated carbocycles. The predicted molar refractivity (Wildman–Crippen MR) is 307 cm³/mol. The maximum atomic E-state index is 12.9. The number of carbonyl (C=O) groups excluding carboxylic acids is 3. The highest BCUT2D eigenvalue weighted by Crippen LogP contribution is 2.43. The van der Waals surface area contributed by atoms with E-state index in [0.717, 1.165) is 128 Å². The van der Waals surface area contributed by atoms with E-state index in [1.165, 1.54) is 77.0 Å². The Bertz CT molecular complexity index is 1520. The zero-order valence-corrected chi connectivity index (χ0v) is 48.2. The van der Waals surface area contributed by atoms with Crippen LogP contribution in [-0.2, 0) is 42.2 Å². The van der Waals surface area contributed by atoms with Gasteiger partial charge < -0.3 is 24.2 Å². The molecule has 0 fully saturated rings. The summed E-state index contributed by atoms with van der Waals surface area (Å²) < 4.78 is 39.6. The van der Waals surface area contributed by atoms with Crippen LogP contribution >= 0.6 is 7.82 Å². The van der Waals surface area contributed by atoms with Crippen LogP contribution in [0.5, 0.6) is 0 Å². The number of allylic oxidation sites excluding steroid dienone is 12. The molecule has 0 bridgehead atoms. The van der Waals surface area contributed by atoms with Gasteiger partial charge in [-0.15, -0.1) is 0 Å². The van der Waals surface area contributed by atoms with E-state index in [1.54, 1.807) is 0 Å². The minimum Gasteiger partial charge on any atom is -0.462 e. The highest BCUT2D eigenvalue weighted by molar-refractivity contribution is 7.47. The Labute approximate surface area is 452 Å². The van der Waals surface area contributed by atoms with Gasteiger partial charge in [0.1, 0.15) is 12.7 Å². The van der Waals surface area contributed by atoms with Crippen LogP contribution in [0.2, 0.25) is 0 Å². The quantitative estimate of drug-likeness (QED) is 0.0197. The van der Waals surface area contributed by atoms with Crippen LogP contribution in [0.1, 0.15) is 265 Å². The molecule has 3 unspecified atom stereocenters. The molecular weight excluding hydrogens is 952 g/mol. The largest absolute Gasteiger partial charge is 0.472 e. The number of aliphatic hydroxyl groups excluding tert-OH is 1. The summed E-state index contributed by atoms with van der Waals surface area (Å²) in [4.78, 5) is 48.6. The van der Waals surface area contributed by atoms with Crippen molar-refractivity contribution in [3.05, 3.63) is 72.9 Å². The fraction of sp³-hybridized carbons (Fsp3) is 0.758. The van der Waals surface area contributed by atoms with Gasteiger partial charge in [0.2, 0.25) is 0 Å². The van der Waals surface area contributed by atoms with Crippen LogP contribution in [0.4, 0.5) is 0 Å². The van der Waals surface area contributed by atoms with Crippen molar-refractivity contribution < 1.29 is 52.2 Å². The maximum absolute atomic E-state index is 12.9. The first kappa shape index (κ1) is 70.9. The van der Waals surface area contributed by atoms with Crippen molar-refractivity contribution in [1.82, 2.24) is 0 Å². The highest BCUT2D eigenvalue weighted by Gasteiger charge is 2.28. The van der Waals surface area contributed by atoms with Gasteiger partial charge >= 0.3 is 25.7 Å². The average molecular weight is 1060 g/mol. The molecule has 428 valence electrons. The van der Waals surface area contributed by atoms with E-state index in [0.29, 0.717) is 19.3 Å². The van der Waals surface area contributed by atoms with E-state index in [1.807, 2.05) is 0 Å². The standard InChI is InChI=1S/C62H109O11P/c1-4-7-10-13-16-19-22-25-27-29-31-34-36-39-42-45-48-51-60(64)69-55-59(73-62(66)53-50-47-44-41-38-35-32-30-28-26-23-20-17-14-11-8-5-2)57-71-74(67,68)70-56-58(54-63)72-61(65)52-49-46-43-40-37-33-24-21-18-15-12-9-6-3/h7,10,12,15-16,19,21,24-28,58-59,63H,4-6,8-9,11,13-14,17-18,20,22-23,29-57H2,1-3H3,(H,67,68)/b10-7-,15-12-,19-16-,24-21-,27-25-,28-26-. The normalized spacial score (nSPS) is 13.9. The third kappa shape index (κ3) is 53.7. The maximum Gasteiger partial charge on any atom is 0.472 e. The first-order chi connectivity index (χ1) is 36.2. The lowest BCUT2D eigenvalue weighted by Gasteiger charge is -2.21. The Morgan fingerprint density at radius 2 is 0.730 bits per heavy atom. The summed E-state index contributed by atoms with van der Waals surface area (Å²) in [5, 5.41) is 9.81. The Morgan fingerprint density at radius 1 is 0.392 bits per heavy atom. The monoisotopic (exact) mass is 1060 g/mol. The molecule has 0 spiro atoms. The summed E-state index contributed by atoms with van der Waals surface area (Å²) in [6, 6.07) is 0. The second-order valence-electron chi connectivity index (χ2n) is 19.8. The smallest absolute Gasteiger partial charge is 0.462 e. The minimum absolute atomic E-state index is 0.158. The van der Waals surface area contributed by atoms with Gasteiger partial charge in [-0.1, -0.05) is 216 Å². The number of phosphoric acid groups is 1. The number of hydrogen-bond acceptors (Lipinski definition) is 10. The Hall–Kier alpha value is -3.08. The molecule has 0 aromatic heterocycles. The van der Waals surface area contributed by atoms with E-state index < -0.39 is 57.8 Å². The van der Waals surface area contributed by atoms with Gasteiger partial charge in [-0.25, -0.2) is 4.57 Å². The summed E-state index contributed by atoms with van der Waals surface area (Å²) in [5.41, 5.74) is 0. The molecule has 0 aromatic carbocycles. The molecule has 2 N–H and O–H groups in total. The number of rotatable bonds is 55. The van der Waals surface area contributed by atoms with Gasteiger partial charge in [-0.2, -0.15) is 0 Å². The van der Waals surface area contributed by atoms with Gasteiger partial charge in [0.15, 0.2) is 6.10 Å². The second kappa shape index (κ2) is 56.1. The van der Waals surface area contributed by atoms with Crippen molar-refractivity contribution in [2.45, 2.75) is 277 Å². The number of aliphatic hydroxyl groups is 1. The first-order valence-electron chi connectivity index (χ1n) is 29.8. The third-order valence-electron chi connectivity index (χ3n) is 12.6. The lowest BCUT2D eigenvalue weighted by molar-refractivity contribution is -0.161. The second-order valence-corrected chi connectivity index (χ2v) is 21.2. The van der Waals surface area contributed by atoms with Crippen molar-refractivity contribution in [1.29, 1.82) is 0 Å². The summed E-state index contributed by atoms with van der Waals surface area (Å²) in [6.45, 7) is 4.45. The van der Waals surface area contributed by atoms with E-state index in [4.69, 9.17) is 23.3 Å². The van der Waals surface area contributed by atoms with Crippen LogP contribution in [0.3, 0.4) is 0 Å². The molecule has 0 aromatic rings. The summed E-state index contributed by atoms with van der Waals surface area (Å²) in [5.74, 6) is -1.49. The Balaban J connectivity index is 4.75. The molecule has 3 atom stereocenters. The number of ether oxygens (including phenoxy) is 3. The summed E-state index contributed by atoms with van der Waals surface area (Å²) in [6.07, 6.45) is 62.8. The molecule has 74 heavy (non-hydrogen) atoms. The first-order valence-corrected chi connectivity index (χ1v) is 31.3. The molecule has 11 nitrogen and oxygen atoms in total. The predicted octanol–water partition coefficient (Wildman–Crippen LogP) is 17.7. The molecule has 0 aliphatic rings. The number of hydrogen-bond donors (Lipinski definition) is 2. The SMILES string of the molecule is CC/C=C\C/C=C\C/C=C\CCCCCCCCCC(=O)OCC(COP(=O)(O)OCC(CO)OC(=O)CCCCCCC/C=C\C/C=C\CCC)OC(=O)CCCCCCCCC/C=C\CCCCCCCC. The van der Waals surface area contributed by atoms with Gasteiger partial charge in [0, 0.05) is 19.3 Å². The van der Waals surface area contributed by atoms with Crippen molar-refractivity contribution in [3.8, 4) is 0 Å². The number of phosphoric ester groups is 1. The summed E-state index contributed by atoms with van der Waals surface area (Å²) >= 11 is 0. The molecule has 0 radical (unpaired) electrons. The van der Waals surface area contributed by atoms with E-state index in [-0.39, 0.29) is 25.9 Å². The van der Waals surface area contributed by atoms with Crippen LogP contribution in [0, 0.1) is 0 Å². The van der Waals surface area contributed by atoms with Gasteiger partial charge in [-0.3, -0.25) is 23.4 Å². The van der Waals surface area contributed by atoms with Gasteiger partial charge in [0.05, 0.1) is 19.8 Å². The van der Waals surface area contributed by atoms with Crippen LogP contribution in [0.25, 0.3) is 0 Å².